The zero-order chi connectivity index (χ0) is 17.7. The van der Waals surface area contributed by atoms with Gasteiger partial charge in [-0.25, -0.2) is 0 Å². The van der Waals surface area contributed by atoms with Crippen LogP contribution in [0.5, 0.6) is 0 Å². The van der Waals surface area contributed by atoms with Gasteiger partial charge < -0.3 is 15.3 Å². The van der Waals surface area contributed by atoms with Crippen molar-refractivity contribution >= 4 is 5.78 Å². The molecular formula is C20H30O4. The molecule has 4 nitrogen and oxygen atoms in total. The molecule has 0 saturated heterocycles. The highest BCUT2D eigenvalue weighted by Crippen LogP contribution is 2.70. The molecule has 8 unspecified atom stereocenters. The summed E-state index contributed by atoms with van der Waals surface area (Å²) in [4.78, 5) is 13.1. The molecule has 0 aromatic carbocycles. The van der Waals surface area contributed by atoms with Crippen LogP contribution in [0.4, 0.5) is 0 Å². The minimum atomic E-state index is -1.07. The summed E-state index contributed by atoms with van der Waals surface area (Å²) in [6.45, 7) is 10.4. The summed E-state index contributed by atoms with van der Waals surface area (Å²) < 4.78 is 0. The molecule has 0 amide bonds. The maximum absolute atomic E-state index is 13.1. The van der Waals surface area contributed by atoms with Gasteiger partial charge in [0.15, 0.2) is 5.78 Å². The topological polar surface area (TPSA) is 77.8 Å². The van der Waals surface area contributed by atoms with Crippen molar-refractivity contribution in [3.8, 4) is 0 Å². The third-order valence-electron chi connectivity index (χ3n) is 8.66. The van der Waals surface area contributed by atoms with Gasteiger partial charge >= 0.3 is 0 Å². The molecule has 4 heteroatoms. The van der Waals surface area contributed by atoms with Crippen LogP contribution in [0.1, 0.15) is 52.9 Å². The average Bonchev–Trinajstić information content (AvgIpc) is 2.64. The molecule has 1 spiro atoms. The smallest absolute Gasteiger partial charge is 0.170 e. The number of aliphatic hydroxyl groups is 3. The number of rotatable bonds is 0. The zero-order valence-corrected chi connectivity index (χ0v) is 15.0. The Morgan fingerprint density at radius 2 is 1.67 bits per heavy atom. The Labute approximate surface area is 144 Å². The van der Waals surface area contributed by atoms with Gasteiger partial charge in [0, 0.05) is 5.92 Å². The van der Waals surface area contributed by atoms with E-state index in [1.165, 1.54) is 0 Å². The van der Waals surface area contributed by atoms with Gasteiger partial charge in [-0.1, -0.05) is 27.4 Å². The second-order valence-electron chi connectivity index (χ2n) is 9.65. The Hall–Kier alpha value is -0.710. The van der Waals surface area contributed by atoms with E-state index in [-0.39, 0.29) is 40.5 Å². The average molecular weight is 334 g/mol. The van der Waals surface area contributed by atoms with Gasteiger partial charge in [0.1, 0.15) is 0 Å². The fraction of sp³-hybridized carbons (Fsp3) is 0.850. The highest BCUT2D eigenvalue weighted by atomic mass is 16.3. The zero-order valence-electron chi connectivity index (χ0n) is 15.0. The largest absolute Gasteiger partial charge is 0.393 e. The standard InChI is InChI=1S/C20H30O4/c1-10-11-5-6-12-19(4)8-7-14(21)18(2,3)13(19)9-15(22)20(12,16(10)23)17(11)24/h11-15,17,21-22,24H,1,5-9H2,2-4H3. The third-order valence-corrected chi connectivity index (χ3v) is 8.66. The first-order chi connectivity index (χ1) is 11.1. The van der Waals surface area contributed by atoms with Crippen LogP contribution in [0.15, 0.2) is 12.2 Å². The van der Waals surface area contributed by atoms with E-state index in [0.29, 0.717) is 12.0 Å². The Morgan fingerprint density at radius 3 is 2.33 bits per heavy atom. The first kappa shape index (κ1) is 16.7. The van der Waals surface area contributed by atoms with E-state index in [4.69, 9.17) is 0 Å². The number of carbonyl (C=O) groups is 1. The van der Waals surface area contributed by atoms with Crippen molar-refractivity contribution in [2.75, 3.05) is 0 Å². The molecule has 4 aliphatic carbocycles. The molecule has 24 heavy (non-hydrogen) atoms. The van der Waals surface area contributed by atoms with Crippen LogP contribution in [0, 0.1) is 34.0 Å². The summed E-state index contributed by atoms with van der Waals surface area (Å²) in [7, 11) is 0. The van der Waals surface area contributed by atoms with E-state index in [0.717, 1.165) is 25.7 Å². The monoisotopic (exact) mass is 334 g/mol. The van der Waals surface area contributed by atoms with Gasteiger partial charge in [-0.3, -0.25) is 4.79 Å². The molecule has 8 atom stereocenters. The SMILES string of the molecule is C=C1C(=O)C23C(O)CC4C(C)(C)C(O)CCC4(C)C2CCC1C3O. The second-order valence-corrected chi connectivity index (χ2v) is 9.65. The van der Waals surface area contributed by atoms with Crippen molar-refractivity contribution in [1.29, 1.82) is 0 Å². The van der Waals surface area contributed by atoms with Gasteiger partial charge in [-0.15, -0.1) is 0 Å². The molecule has 0 heterocycles. The Balaban J connectivity index is 1.87. The lowest BCUT2D eigenvalue weighted by molar-refractivity contribution is -0.239. The number of ketones is 1. The molecule has 0 radical (unpaired) electrons. The van der Waals surface area contributed by atoms with Crippen molar-refractivity contribution in [1.82, 2.24) is 0 Å². The van der Waals surface area contributed by atoms with Crippen LogP contribution < -0.4 is 0 Å². The van der Waals surface area contributed by atoms with Crippen LogP contribution >= 0.6 is 0 Å². The molecule has 2 bridgehead atoms. The molecular weight excluding hydrogens is 304 g/mol. The fourth-order valence-electron chi connectivity index (χ4n) is 7.33. The Kier molecular flexibility index (Phi) is 3.29. The lowest BCUT2D eigenvalue weighted by atomic mass is 9.39. The molecule has 4 fully saturated rings. The van der Waals surface area contributed by atoms with Crippen molar-refractivity contribution in [2.24, 2.45) is 34.0 Å². The number of carbonyl (C=O) groups excluding carboxylic acids is 1. The number of Topliss-reactive ketones (excluding diaryl/α,β-unsaturated/α-hetero) is 1. The predicted octanol–water partition coefficient (Wildman–Crippen LogP) is 2.07. The highest BCUT2D eigenvalue weighted by molar-refractivity contribution is 6.04. The van der Waals surface area contributed by atoms with Gasteiger partial charge in [0.25, 0.3) is 0 Å². The number of aliphatic hydroxyl groups excluding tert-OH is 3. The fourth-order valence-corrected chi connectivity index (χ4v) is 7.33. The van der Waals surface area contributed by atoms with Crippen LogP contribution in [-0.4, -0.2) is 39.4 Å². The molecule has 0 aromatic rings. The Bertz CT molecular complexity index is 611. The minimum absolute atomic E-state index is 0.0384. The number of hydrogen-bond acceptors (Lipinski definition) is 4. The van der Waals surface area contributed by atoms with Gasteiger partial charge in [-0.2, -0.15) is 0 Å². The van der Waals surface area contributed by atoms with Gasteiger partial charge in [0.2, 0.25) is 0 Å². The summed E-state index contributed by atoms with van der Waals surface area (Å²) in [6, 6.07) is 0. The lowest BCUT2D eigenvalue weighted by Gasteiger charge is -2.66. The summed E-state index contributed by atoms with van der Waals surface area (Å²) in [5, 5.41) is 32.6. The van der Waals surface area contributed by atoms with E-state index in [9.17, 15) is 20.1 Å². The summed E-state index contributed by atoms with van der Waals surface area (Å²) >= 11 is 0. The van der Waals surface area contributed by atoms with Crippen LogP contribution in [0.25, 0.3) is 0 Å². The molecule has 3 N–H and O–H groups in total. The molecule has 4 saturated carbocycles. The minimum Gasteiger partial charge on any atom is -0.393 e. The molecule has 0 aromatic heterocycles. The maximum Gasteiger partial charge on any atom is 0.170 e. The quantitative estimate of drug-likeness (QED) is 0.593. The van der Waals surface area contributed by atoms with Gasteiger partial charge in [-0.05, 0) is 60.3 Å². The van der Waals surface area contributed by atoms with Crippen LogP contribution in [0.3, 0.4) is 0 Å². The van der Waals surface area contributed by atoms with E-state index >= 15 is 0 Å². The normalized spacial score (nSPS) is 55.9. The summed E-state index contributed by atoms with van der Waals surface area (Å²) in [6.07, 6.45) is 1.62. The van der Waals surface area contributed by atoms with Crippen LogP contribution in [0.2, 0.25) is 0 Å². The van der Waals surface area contributed by atoms with Crippen LogP contribution in [-0.2, 0) is 4.79 Å². The second kappa shape index (κ2) is 4.72. The first-order valence-electron chi connectivity index (χ1n) is 9.37. The summed E-state index contributed by atoms with van der Waals surface area (Å²) in [5.74, 6) is -0.183. The van der Waals surface area contributed by atoms with E-state index in [2.05, 4.69) is 27.4 Å². The van der Waals surface area contributed by atoms with E-state index < -0.39 is 17.6 Å². The van der Waals surface area contributed by atoms with E-state index in [1.807, 2.05) is 0 Å². The molecule has 134 valence electrons. The number of hydrogen-bond donors (Lipinski definition) is 3. The van der Waals surface area contributed by atoms with Gasteiger partial charge in [0.05, 0.1) is 23.7 Å². The summed E-state index contributed by atoms with van der Waals surface area (Å²) in [5.41, 5.74) is -0.991. The highest BCUT2D eigenvalue weighted by Gasteiger charge is 2.74. The van der Waals surface area contributed by atoms with Crippen molar-refractivity contribution in [3.05, 3.63) is 12.2 Å². The molecule has 0 aliphatic heterocycles. The lowest BCUT2D eigenvalue weighted by Crippen LogP contribution is -2.68. The maximum atomic E-state index is 13.1. The third kappa shape index (κ3) is 1.59. The Morgan fingerprint density at radius 1 is 1.00 bits per heavy atom. The number of fused-ring (bicyclic) bond motifs is 3. The first-order valence-corrected chi connectivity index (χ1v) is 9.37. The van der Waals surface area contributed by atoms with Crippen molar-refractivity contribution in [2.45, 2.75) is 71.2 Å². The predicted molar refractivity (Wildman–Crippen MR) is 90.0 cm³/mol. The van der Waals surface area contributed by atoms with Crippen molar-refractivity contribution in [3.63, 3.8) is 0 Å². The van der Waals surface area contributed by atoms with Crippen molar-refractivity contribution < 1.29 is 20.1 Å². The molecule has 4 aliphatic rings. The molecule has 4 rings (SSSR count). The van der Waals surface area contributed by atoms with E-state index in [1.54, 1.807) is 0 Å².